The van der Waals surface area contributed by atoms with Gasteiger partial charge in [-0.15, -0.1) is 11.8 Å². The van der Waals surface area contributed by atoms with Crippen LogP contribution in [0.3, 0.4) is 0 Å². The number of aliphatic hydroxyl groups is 1. The highest BCUT2D eigenvalue weighted by Crippen LogP contribution is 2.42. The van der Waals surface area contributed by atoms with E-state index in [1.54, 1.807) is 0 Å². The highest BCUT2D eigenvalue weighted by molar-refractivity contribution is 8.04. The Labute approximate surface area is 178 Å². The van der Waals surface area contributed by atoms with Crippen LogP contribution in [-0.4, -0.2) is 52.4 Å². The summed E-state index contributed by atoms with van der Waals surface area (Å²) < 4.78 is 5.09. The number of nitrogens with zero attached hydrogens (tertiary/aromatic N) is 1. The van der Waals surface area contributed by atoms with Crippen LogP contribution in [0.5, 0.6) is 0 Å². The van der Waals surface area contributed by atoms with Crippen molar-refractivity contribution in [2.24, 2.45) is 11.8 Å². The molecule has 2 saturated carbocycles. The van der Waals surface area contributed by atoms with Crippen LogP contribution >= 0.6 is 11.8 Å². The zero-order valence-corrected chi connectivity index (χ0v) is 18.7. The Kier molecular flexibility index (Phi) is 7.49. The molecule has 0 aromatic carbocycles. The minimum atomic E-state index is -0.454. The average Bonchev–Trinajstić information content (AvgIpc) is 3.15. The Balaban J connectivity index is 1.91. The Morgan fingerprint density at radius 3 is 2.31 bits per heavy atom. The van der Waals surface area contributed by atoms with Gasteiger partial charge in [-0.2, -0.15) is 0 Å². The van der Waals surface area contributed by atoms with E-state index in [0.29, 0.717) is 18.8 Å². The number of methoxy groups -OCH3 is 1. The smallest absolute Gasteiger partial charge is 0.321 e. The van der Waals surface area contributed by atoms with Crippen molar-refractivity contribution in [3.8, 4) is 0 Å². The molecular formula is C23H35NO4S. The summed E-state index contributed by atoms with van der Waals surface area (Å²) in [6, 6.07) is -0.255. The fraction of sp³-hybridized carbons (Fsp3) is 0.739. The zero-order chi connectivity index (χ0) is 21.1. The Bertz CT molecular complexity index is 660. The maximum Gasteiger partial charge on any atom is 0.321 e. The maximum atomic E-state index is 13.8. The summed E-state index contributed by atoms with van der Waals surface area (Å²) in [5.74, 6) is 0.594. The number of thioether (sulfide) groups is 1. The van der Waals surface area contributed by atoms with Gasteiger partial charge >= 0.3 is 5.97 Å². The minimum Gasteiger partial charge on any atom is -0.468 e. The number of carbonyl (C=O) groups is 2. The average molecular weight is 422 g/mol. The number of hydrogen-bond acceptors (Lipinski definition) is 5. The van der Waals surface area contributed by atoms with Crippen molar-refractivity contribution in [3.05, 3.63) is 23.1 Å². The lowest BCUT2D eigenvalue weighted by Gasteiger charge is -2.42. The van der Waals surface area contributed by atoms with Gasteiger partial charge in [0.05, 0.1) is 19.3 Å². The standard InChI is InChI=1S/C23H35NO4S/c1-14(2)20-13-19(21(29-20)23(27)28-4)24(17-9-11-18(25)12-10-17)22(26)16-7-5-15(3)6-8-16/h13,15-19,21,25H,1,5-12H2,2-4H3. The van der Waals surface area contributed by atoms with Crippen LogP contribution in [-0.2, 0) is 14.3 Å². The SMILES string of the molecule is C=C(C)C1=CC(N(C(=O)C2CCC(C)CC2)C2CCC(O)CC2)C(C(=O)OC)S1. The number of hydrogen-bond donors (Lipinski definition) is 1. The van der Waals surface area contributed by atoms with Gasteiger partial charge in [-0.25, -0.2) is 0 Å². The molecule has 3 aliphatic rings. The molecule has 1 heterocycles. The number of ether oxygens (including phenoxy) is 1. The largest absolute Gasteiger partial charge is 0.468 e. The predicted octanol–water partition coefficient (Wildman–Crippen LogP) is 4.06. The van der Waals surface area contributed by atoms with E-state index in [0.717, 1.165) is 49.0 Å². The third-order valence-electron chi connectivity index (χ3n) is 6.74. The number of amides is 1. The van der Waals surface area contributed by atoms with Crippen LogP contribution in [0.4, 0.5) is 0 Å². The molecule has 0 spiro atoms. The molecule has 29 heavy (non-hydrogen) atoms. The second-order valence-corrected chi connectivity index (χ2v) is 10.2. The molecule has 0 aromatic rings. The van der Waals surface area contributed by atoms with Gasteiger partial charge < -0.3 is 14.7 Å². The Hall–Kier alpha value is -1.27. The normalized spacial score (nSPS) is 35.0. The van der Waals surface area contributed by atoms with E-state index in [-0.39, 0.29) is 36.0 Å². The third-order valence-corrected chi connectivity index (χ3v) is 8.20. The Morgan fingerprint density at radius 1 is 1.14 bits per heavy atom. The molecule has 2 atom stereocenters. The lowest BCUT2D eigenvalue weighted by molar-refractivity contribution is -0.146. The first-order valence-electron chi connectivity index (χ1n) is 10.9. The summed E-state index contributed by atoms with van der Waals surface area (Å²) in [7, 11) is 1.41. The molecule has 162 valence electrons. The van der Waals surface area contributed by atoms with Crippen molar-refractivity contribution in [1.82, 2.24) is 4.90 Å². The molecule has 1 amide bonds. The summed E-state index contributed by atoms with van der Waals surface area (Å²) in [6.07, 6.45) is 8.74. The van der Waals surface area contributed by atoms with E-state index in [4.69, 9.17) is 4.74 Å². The van der Waals surface area contributed by atoms with Crippen molar-refractivity contribution >= 4 is 23.6 Å². The zero-order valence-electron chi connectivity index (χ0n) is 17.9. The molecule has 1 N–H and O–H groups in total. The van der Waals surface area contributed by atoms with Crippen LogP contribution in [0.2, 0.25) is 0 Å². The molecular weight excluding hydrogens is 386 g/mol. The lowest BCUT2D eigenvalue weighted by atomic mass is 9.81. The molecule has 0 aromatic heterocycles. The quantitative estimate of drug-likeness (QED) is 0.678. The van der Waals surface area contributed by atoms with Crippen LogP contribution < -0.4 is 0 Å². The fourth-order valence-electron chi connectivity index (χ4n) is 4.89. The predicted molar refractivity (Wildman–Crippen MR) is 116 cm³/mol. The molecule has 2 aliphatic carbocycles. The van der Waals surface area contributed by atoms with Crippen LogP contribution in [0, 0.1) is 11.8 Å². The molecule has 3 rings (SSSR count). The van der Waals surface area contributed by atoms with E-state index >= 15 is 0 Å². The number of esters is 1. The van der Waals surface area contributed by atoms with Crippen molar-refractivity contribution < 1.29 is 19.4 Å². The third kappa shape index (κ3) is 5.08. The van der Waals surface area contributed by atoms with Crippen molar-refractivity contribution in [3.63, 3.8) is 0 Å². The first-order chi connectivity index (χ1) is 13.8. The summed E-state index contributed by atoms with van der Waals surface area (Å²) in [5.41, 5.74) is 0.907. The van der Waals surface area contributed by atoms with Gasteiger partial charge in [0.15, 0.2) is 0 Å². The van der Waals surface area contributed by atoms with E-state index in [9.17, 15) is 14.7 Å². The number of carbonyl (C=O) groups excluding carboxylic acids is 2. The molecule has 2 unspecified atom stereocenters. The highest BCUT2D eigenvalue weighted by atomic mass is 32.2. The summed E-state index contributed by atoms with van der Waals surface area (Å²) in [4.78, 5) is 29.3. The topological polar surface area (TPSA) is 66.8 Å². The van der Waals surface area contributed by atoms with Gasteiger partial charge in [0.25, 0.3) is 0 Å². The molecule has 0 radical (unpaired) electrons. The van der Waals surface area contributed by atoms with Crippen molar-refractivity contribution in [2.75, 3.05) is 7.11 Å². The lowest BCUT2D eigenvalue weighted by Crippen LogP contribution is -2.54. The second-order valence-electron chi connectivity index (χ2n) is 9.03. The number of allylic oxidation sites excluding steroid dienone is 1. The first kappa shape index (κ1) is 22.4. The maximum absolute atomic E-state index is 13.8. The number of rotatable bonds is 5. The van der Waals surface area contributed by atoms with Gasteiger partial charge in [0.1, 0.15) is 5.25 Å². The summed E-state index contributed by atoms with van der Waals surface area (Å²) in [5, 5.41) is 9.52. The van der Waals surface area contributed by atoms with Crippen LogP contribution in [0.15, 0.2) is 23.1 Å². The molecule has 5 nitrogen and oxygen atoms in total. The van der Waals surface area contributed by atoms with Gasteiger partial charge in [0, 0.05) is 16.9 Å². The van der Waals surface area contributed by atoms with Gasteiger partial charge in [0.2, 0.25) is 5.91 Å². The summed E-state index contributed by atoms with van der Waals surface area (Å²) >= 11 is 1.46. The van der Waals surface area contributed by atoms with Crippen LogP contribution in [0.1, 0.15) is 65.2 Å². The van der Waals surface area contributed by atoms with Crippen molar-refractivity contribution in [2.45, 2.75) is 88.7 Å². The summed E-state index contributed by atoms with van der Waals surface area (Å²) in [6.45, 7) is 8.22. The highest BCUT2D eigenvalue weighted by Gasteiger charge is 2.45. The first-order valence-corrected chi connectivity index (χ1v) is 11.8. The molecule has 6 heteroatoms. The van der Waals surface area contributed by atoms with Gasteiger partial charge in [-0.05, 0) is 75.9 Å². The van der Waals surface area contributed by atoms with E-state index in [2.05, 4.69) is 13.5 Å². The fourth-order valence-corrected chi connectivity index (χ4v) is 6.12. The molecule has 0 bridgehead atoms. The minimum absolute atomic E-state index is 0.0311. The van der Waals surface area contributed by atoms with E-state index in [1.165, 1.54) is 18.9 Å². The van der Waals surface area contributed by atoms with E-state index < -0.39 is 5.25 Å². The van der Waals surface area contributed by atoms with E-state index in [1.807, 2.05) is 17.9 Å². The Morgan fingerprint density at radius 2 is 1.76 bits per heavy atom. The van der Waals surface area contributed by atoms with Crippen molar-refractivity contribution in [1.29, 1.82) is 0 Å². The van der Waals surface area contributed by atoms with Gasteiger partial charge in [-0.3, -0.25) is 9.59 Å². The molecule has 2 fully saturated rings. The van der Waals surface area contributed by atoms with Gasteiger partial charge in [-0.1, -0.05) is 13.5 Å². The molecule has 0 saturated heterocycles. The monoisotopic (exact) mass is 421 g/mol. The van der Waals surface area contributed by atoms with Crippen LogP contribution in [0.25, 0.3) is 0 Å². The number of aliphatic hydroxyl groups excluding tert-OH is 1. The second kappa shape index (κ2) is 9.69. The molecule has 1 aliphatic heterocycles.